The number of nitrogens with one attached hydrogen (secondary N) is 2. The molecule has 0 radical (unpaired) electrons. The van der Waals surface area contributed by atoms with Gasteiger partial charge in [0.25, 0.3) is 0 Å². The van der Waals surface area contributed by atoms with E-state index in [9.17, 15) is 14.7 Å². The number of carboxylic acid groups (broad SMARTS) is 1. The summed E-state index contributed by atoms with van der Waals surface area (Å²) in [5.41, 5.74) is 3.32. The minimum atomic E-state index is -1.08. The summed E-state index contributed by atoms with van der Waals surface area (Å²) in [4.78, 5) is 27.1. The molecule has 1 aromatic heterocycles. The lowest BCUT2D eigenvalue weighted by atomic mass is 10.0. The number of fused-ring (bicyclic) bond motifs is 1. The number of benzene rings is 2. The first-order valence-electron chi connectivity index (χ1n) is 7.69. The number of aliphatic carboxylic acids is 1. The van der Waals surface area contributed by atoms with E-state index in [1.54, 1.807) is 30.3 Å². The highest BCUT2D eigenvalue weighted by Crippen LogP contribution is 2.22. The molecule has 5 heteroatoms. The van der Waals surface area contributed by atoms with E-state index in [-0.39, 0.29) is 12.3 Å². The number of rotatable bonds is 5. The Morgan fingerprint density at radius 3 is 2.46 bits per heavy atom. The van der Waals surface area contributed by atoms with Gasteiger partial charge in [0.1, 0.15) is 0 Å². The van der Waals surface area contributed by atoms with Crippen LogP contribution in [0.3, 0.4) is 0 Å². The lowest BCUT2D eigenvalue weighted by Gasteiger charge is -2.15. The summed E-state index contributed by atoms with van der Waals surface area (Å²) in [6.45, 7) is 1.91. The smallest absolute Gasteiger partial charge is 0.330 e. The molecule has 0 spiro atoms. The van der Waals surface area contributed by atoms with E-state index in [1.165, 1.54) is 0 Å². The lowest BCUT2D eigenvalue weighted by Crippen LogP contribution is -2.34. The lowest BCUT2D eigenvalue weighted by molar-refractivity contribution is -0.141. The molecule has 3 rings (SSSR count). The normalized spacial score (nSPS) is 12.0. The maximum absolute atomic E-state index is 12.4. The summed E-state index contributed by atoms with van der Waals surface area (Å²) in [5, 5.41) is 13.0. The second-order valence-corrected chi connectivity index (χ2v) is 5.70. The molecule has 122 valence electrons. The topological polar surface area (TPSA) is 82.2 Å². The number of carboxylic acids is 1. The van der Waals surface area contributed by atoms with Gasteiger partial charge in [-0.25, -0.2) is 4.79 Å². The monoisotopic (exact) mass is 322 g/mol. The van der Waals surface area contributed by atoms with Crippen LogP contribution in [-0.4, -0.2) is 22.0 Å². The van der Waals surface area contributed by atoms with Crippen molar-refractivity contribution in [3.63, 3.8) is 0 Å². The summed E-state index contributed by atoms with van der Waals surface area (Å²) in [7, 11) is 0. The molecule has 0 fully saturated rings. The van der Waals surface area contributed by atoms with Gasteiger partial charge in [-0.15, -0.1) is 0 Å². The molecule has 0 saturated heterocycles. The number of para-hydroxylation sites is 1. The first-order chi connectivity index (χ1) is 11.6. The highest BCUT2D eigenvalue weighted by Gasteiger charge is 2.22. The van der Waals surface area contributed by atoms with Crippen LogP contribution >= 0.6 is 0 Å². The minimum Gasteiger partial charge on any atom is -0.479 e. The first kappa shape index (κ1) is 15.8. The van der Waals surface area contributed by atoms with Crippen LogP contribution in [0, 0.1) is 6.92 Å². The van der Waals surface area contributed by atoms with Crippen molar-refractivity contribution in [2.24, 2.45) is 0 Å². The van der Waals surface area contributed by atoms with E-state index < -0.39 is 12.0 Å². The number of amides is 1. The fourth-order valence-corrected chi connectivity index (χ4v) is 2.87. The number of H-pyrrole nitrogens is 1. The SMILES string of the molecule is Cc1[nH]c2ccccc2c1CC(=O)N[C@@H](C(=O)O)c1ccccc1. The van der Waals surface area contributed by atoms with Crippen molar-refractivity contribution in [1.29, 1.82) is 0 Å². The highest BCUT2D eigenvalue weighted by atomic mass is 16.4. The molecule has 0 aliphatic carbocycles. The summed E-state index contributed by atoms with van der Waals surface area (Å²) in [6, 6.07) is 15.4. The number of hydrogen-bond donors (Lipinski definition) is 3. The molecule has 1 atom stereocenters. The maximum atomic E-state index is 12.4. The molecule has 0 unspecified atom stereocenters. The summed E-state index contributed by atoms with van der Waals surface area (Å²) in [6.07, 6.45) is 0.131. The number of aromatic amines is 1. The van der Waals surface area contributed by atoms with Gasteiger partial charge < -0.3 is 15.4 Å². The van der Waals surface area contributed by atoms with Crippen LogP contribution in [0.4, 0.5) is 0 Å². The Balaban J connectivity index is 1.81. The highest BCUT2D eigenvalue weighted by molar-refractivity contribution is 5.91. The summed E-state index contributed by atoms with van der Waals surface area (Å²) in [5.74, 6) is -1.40. The van der Waals surface area contributed by atoms with Gasteiger partial charge in [0.05, 0.1) is 6.42 Å². The van der Waals surface area contributed by atoms with Crippen molar-refractivity contribution in [3.05, 3.63) is 71.4 Å². The van der Waals surface area contributed by atoms with Gasteiger partial charge in [-0.3, -0.25) is 4.79 Å². The Labute approximate surface area is 139 Å². The molecule has 2 aromatic carbocycles. The van der Waals surface area contributed by atoms with Crippen molar-refractivity contribution in [3.8, 4) is 0 Å². The van der Waals surface area contributed by atoms with Crippen molar-refractivity contribution in [1.82, 2.24) is 10.3 Å². The second-order valence-electron chi connectivity index (χ2n) is 5.70. The fraction of sp³-hybridized carbons (Fsp3) is 0.158. The van der Waals surface area contributed by atoms with Crippen molar-refractivity contribution in [2.45, 2.75) is 19.4 Å². The molecule has 24 heavy (non-hydrogen) atoms. The average molecular weight is 322 g/mol. The first-order valence-corrected chi connectivity index (χ1v) is 7.69. The number of aromatic nitrogens is 1. The van der Waals surface area contributed by atoms with Crippen LogP contribution in [0.1, 0.15) is 22.9 Å². The zero-order chi connectivity index (χ0) is 17.1. The summed E-state index contributed by atoms with van der Waals surface area (Å²) < 4.78 is 0. The quantitative estimate of drug-likeness (QED) is 0.675. The Bertz CT molecular complexity index is 884. The van der Waals surface area contributed by atoms with Crippen molar-refractivity contribution in [2.75, 3.05) is 0 Å². The van der Waals surface area contributed by atoms with Crippen LogP contribution in [-0.2, 0) is 16.0 Å². The summed E-state index contributed by atoms with van der Waals surface area (Å²) >= 11 is 0. The molecule has 3 N–H and O–H groups in total. The van der Waals surface area contributed by atoms with Crippen LogP contribution in [0.25, 0.3) is 10.9 Å². The van der Waals surface area contributed by atoms with E-state index in [1.807, 2.05) is 31.2 Å². The third kappa shape index (κ3) is 3.15. The number of aryl methyl sites for hydroxylation is 1. The van der Waals surface area contributed by atoms with Gasteiger partial charge in [-0.2, -0.15) is 0 Å². The van der Waals surface area contributed by atoms with Gasteiger partial charge in [-0.1, -0.05) is 48.5 Å². The van der Waals surface area contributed by atoms with Crippen LogP contribution in [0.2, 0.25) is 0 Å². The third-order valence-corrected chi connectivity index (χ3v) is 4.05. The Kier molecular flexibility index (Phi) is 4.33. The molecule has 0 aliphatic rings. The molecule has 5 nitrogen and oxygen atoms in total. The van der Waals surface area contributed by atoms with Gasteiger partial charge in [0.15, 0.2) is 6.04 Å². The second kappa shape index (κ2) is 6.58. The fourth-order valence-electron chi connectivity index (χ4n) is 2.87. The van der Waals surface area contributed by atoms with Crippen molar-refractivity contribution < 1.29 is 14.7 Å². The van der Waals surface area contributed by atoms with E-state index >= 15 is 0 Å². The Hall–Kier alpha value is -3.08. The van der Waals surface area contributed by atoms with Crippen LogP contribution in [0.15, 0.2) is 54.6 Å². The molecule has 0 bridgehead atoms. The molecule has 1 heterocycles. The molecule has 3 aromatic rings. The predicted molar refractivity (Wildman–Crippen MR) is 91.7 cm³/mol. The van der Waals surface area contributed by atoms with Crippen LogP contribution in [0.5, 0.6) is 0 Å². The minimum absolute atomic E-state index is 0.131. The number of hydrogen-bond acceptors (Lipinski definition) is 2. The Morgan fingerprint density at radius 2 is 1.75 bits per heavy atom. The zero-order valence-electron chi connectivity index (χ0n) is 13.2. The van der Waals surface area contributed by atoms with E-state index in [4.69, 9.17) is 0 Å². The van der Waals surface area contributed by atoms with E-state index in [2.05, 4.69) is 10.3 Å². The van der Waals surface area contributed by atoms with Gasteiger partial charge in [0, 0.05) is 16.6 Å². The van der Waals surface area contributed by atoms with Crippen molar-refractivity contribution >= 4 is 22.8 Å². The Morgan fingerprint density at radius 1 is 1.08 bits per heavy atom. The van der Waals surface area contributed by atoms with E-state index in [0.717, 1.165) is 22.2 Å². The number of carbonyl (C=O) groups excluding carboxylic acids is 1. The molecule has 1 amide bonds. The van der Waals surface area contributed by atoms with Gasteiger partial charge in [0.2, 0.25) is 5.91 Å². The van der Waals surface area contributed by atoms with Crippen LogP contribution < -0.4 is 5.32 Å². The standard InChI is InChI=1S/C19H18N2O3/c1-12-15(14-9-5-6-10-16(14)20-12)11-17(22)21-18(19(23)24)13-7-3-2-4-8-13/h2-10,18,20H,11H2,1H3,(H,21,22)(H,23,24)/t18-/m1/s1. The van der Waals surface area contributed by atoms with E-state index in [0.29, 0.717) is 5.56 Å². The predicted octanol–water partition coefficient (Wildman–Crippen LogP) is 2.96. The molecule has 0 aliphatic heterocycles. The average Bonchev–Trinajstić information content (AvgIpc) is 2.89. The zero-order valence-corrected chi connectivity index (χ0v) is 13.2. The molecular weight excluding hydrogens is 304 g/mol. The number of carbonyl (C=O) groups is 2. The molecule has 0 saturated carbocycles. The maximum Gasteiger partial charge on any atom is 0.330 e. The van der Waals surface area contributed by atoms with Gasteiger partial charge >= 0.3 is 5.97 Å². The largest absolute Gasteiger partial charge is 0.479 e. The molecular formula is C19H18N2O3. The third-order valence-electron chi connectivity index (χ3n) is 4.05. The van der Waals surface area contributed by atoms with Gasteiger partial charge in [-0.05, 0) is 24.1 Å².